The first-order valence-corrected chi connectivity index (χ1v) is 8.95. The van der Waals surface area contributed by atoms with Crippen molar-refractivity contribution >= 4 is 11.8 Å². The monoisotopic (exact) mass is 342 g/mol. The second-order valence-corrected chi connectivity index (χ2v) is 5.57. The Morgan fingerprint density at radius 1 is 0.680 bits per heavy atom. The molecule has 0 aromatic heterocycles. The van der Waals surface area contributed by atoms with Crippen LogP contribution in [0.3, 0.4) is 0 Å². The van der Waals surface area contributed by atoms with E-state index >= 15 is 0 Å². The molecule has 0 bridgehead atoms. The molecule has 136 valence electrons. The first kappa shape index (κ1) is 22.6. The molecule has 0 aliphatic carbocycles. The van der Waals surface area contributed by atoms with Gasteiger partial charge in [-0.2, -0.15) is 0 Å². The van der Waals surface area contributed by atoms with Gasteiger partial charge in [0, 0.05) is 6.08 Å². The molecule has 0 saturated carbocycles. The summed E-state index contributed by atoms with van der Waals surface area (Å²) < 4.78 is 0. The van der Waals surface area contributed by atoms with Gasteiger partial charge in [0.25, 0.3) is 0 Å². The minimum absolute atomic E-state index is 0.355. The molecule has 0 spiro atoms. The number of aliphatic carboxylic acids is 1. The lowest BCUT2D eigenvalue weighted by molar-refractivity contribution is -0.131. The highest BCUT2D eigenvalue weighted by atomic mass is 16.4. The Morgan fingerprint density at radius 3 is 1.88 bits per heavy atom. The summed E-state index contributed by atoms with van der Waals surface area (Å²) in [6, 6.07) is 0. The molecule has 0 heterocycles. The molecule has 0 aromatic carbocycles. The summed E-state index contributed by atoms with van der Waals surface area (Å²) in [7, 11) is 0. The molecule has 0 saturated heterocycles. The highest BCUT2D eigenvalue weighted by molar-refractivity contribution is 6.02. The van der Waals surface area contributed by atoms with E-state index in [0.29, 0.717) is 0 Å². The summed E-state index contributed by atoms with van der Waals surface area (Å²) in [6.07, 6.45) is 29.3. The summed E-state index contributed by atoms with van der Waals surface area (Å²) in [6.45, 7) is 2.24. The van der Waals surface area contributed by atoms with Gasteiger partial charge >= 0.3 is 5.97 Å². The van der Waals surface area contributed by atoms with Gasteiger partial charge in [0.1, 0.15) is 0 Å². The van der Waals surface area contributed by atoms with Crippen molar-refractivity contribution < 1.29 is 14.7 Å². The van der Waals surface area contributed by atoms with Gasteiger partial charge in [-0.25, -0.2) is 4.79 Å². The molecule has 3 nitrogen and oxygen atoms in total. The number of allylic oxidation sites excluding steroid dienone is 11. The van der Waals surface area contributed by atoms with Crippen molar-refractivity contribution in [3.63, 3.8) is 0 Å². The van der Waals surface area contributed by atoms with Crippen molar-refractivity contribution in [2.45, 2.75) is 51.9 Å². The van der Waals surface area contributed by atoms with Gasteiger partial charge < -0.3 is 5.11 Å². The normalized spacial score (nSPS) is 12.8. The Hall–Kier alpha value is -2.42. The minimum atomic E-state index is -1.13. The topological polar surface area (TPSA) is 54.4 Å². The van der Waals surface area contributed by atoms with E-state index < -0.39 is 5.97 Å². The molecule has 0 aliphatic rings. The number of carboxylic acids is 1. The van der Waals surface area contributed by atoms with Crippen molar-refractivity contribution in [2.24, 2.45) is 0 Å². The molecule has 0 aliphatic heterocycles. The average Bonchev–Trinajstić information content (AvgIpc) is 2.59. The molecule has 0 rings (SSSR count). The second kappa shape index (κ2) is 17.9. The van der Waals surface area contributed by atoms with Crippen LogP contribution >= 0.6 is 0 Å². The van der Waals surface area contributed by atoms with Crippen LogP contribution in [0.4, 0.5) is 0 Å². The fraction of sp³-hybridized carbons (Fsp3) is 0.364. The lowest BCUT2D eigenvalue weighted by Gasteiger charge is -1.97. The van der Waals surface area contributed by atoms with Crippen LogP contribution in [0.2, 0.25) is 0 Å². The Morgan fingerprint density at radius 2 is 1.24 bits per heavy atom. The van der Waals surface area contributed by atoms with E-state index in [2.05, 4.69) is 19.1 Å². The van der Waals surface area contributed by atoms with Crippen molar-refractivity contribution in [2.75, 3.05) is 0 Å². The van der Waals surface area contributed by atoms with Crippen LogP contribution in [0, 0.1) is 0 Å². The average molecular weight is 342 g/mol. The fourth-order valence-corrected chi connectivity index (χ4v) is 1.96. The third-order valence-corrected chi connectivity index (χ3v) is 3.29. The second-order valence-electron chi connectivity index (χ2n) is 5.57. The Balaban J connectivity index is 3.75. The summed E-state index contributed by atoms with van der Waals surface area (Å²) in [4.78, 5) is 21.4. The van der Waals surface area contributed by atoms with E-state index in [4.69, 9.17) is 5.11 Å². The predicted octanol–water partition coefficient (Wildman–Crippen LogP) is 5.73. The zero-order valence-electron chi connectivity index (χ0n) is 15.1. The van der Waals surface area contributed by atoms with E-state index in [1.807, 2.05) is 24.3 Å². The van der Waals surface area contributed by atoms with Gasteiger partial charge in [0.2, 0.25) is 0 Å². The molecule has 0 amide bonds. The molecule has 0 fully saturated rings. The first-order chi connectivity index (χ1) is 12.2. The highest BCUT2D eigenvalue weighted by Gasteiger charge is 1.89. The Labute approximate surface area is 151 Å². The van der Waals surface area contributed by atoms with Crippen molar-refractivity contribution in [1.29, 1.82) is 0 Å². The van der Waals surface area contributed by atoms with Gasteiger partial charge in [-0.3, -0.25) is 4.79 Å². The first-order valence-electron chi connectivity index (χ1n) is 8.95. The van der Waals surface area contributed by atoms with Crippen LogP contribution in [0.5, 0.6) is 0 Å². The number of carboxylic acid groups (broad SMARTS) is 1. The van der Waals surface area contributed by atoms with Crippen LogP contribution in [-0.4, -0.2) is 16.9 Å². The lowest BCUT2D eigenvalue weighted by Crippen LogP contribution is -1.90. The zero-order valence-corrected chi connectivity index (χ0v) is 15.1. The molecule has 3 heteroatoms. The number of ketones is 1. The van der Waals surface area contributed by atoms with E-state index in [-0.39, 0.29) is 5.78 Å². The maximum Gasteiger partial charge on any atom is 0.328 e. The Kier molecular flexibility index (Phi) is 16.2. The van der Waals surface area contributed by atoms with Crippen LogP contribution < -0.4 is 0 Å². The van der Waals surface area contributed by atoms with E-state index in [1.54, 1.807) is 18.2 Å². The SMILES string of the molecule is CCCCCCCC/C=C/C=C/C=C/C=C/C=C/C(=O)/C=C/C(=O)O. The Bertz CT molecular complexity index is 531. The van der Waals surface area contributed by atoms with Gasteiger partial charge in [-0.05, 0) is 25.0 Å². The molecule has 1 N–H and O–H groups in total. The van der Waals surface area contributed by atoms with E-state index in [0.717, 1.165) is 18.6 Å². The molecule has 0 aromatic rings. The number of carbonyl (C=O) groups is 2. The summed E-state index contributed by atoms with van der Waals surface area (Å²) in [5, 5.41) is 8.38. The largest absolute Gasteiger partial charge is 0.478 e. The minimum Gasteiger partial charge on any atom is -0.478 e. The van der Waals surface area contributed by atoms with Gasteiger partial charge in [0.15, 0.2) is 5.78 Å². The van der Waals surface area contributed by atoms with Crippen LogP contribution in [0.1, 0.15) is 51.9 Å². The molecule has 0 atom stereocenters. The number of hydrogen-bond acceptors (Lipinski definition) is 2. The molecular formula is C22H30O3. The summed E-state index contributed by atoms with van der Waals surface area (Å²) in [5.41, 5.74) is 0. The zero-order chi connectivity index (χ0) is 18.6. The van der Waals surface area contributed by atoms with Crippen molar-refractivity contribution in [1.82, 2.24) is 0 Å². The maximum atomic E-state index is 11.2. The van der Waals surface area contributed by atoms with Crippen molar-refractivity contribution in [3.8, 4) is 0 Å². The fourth-order valence-electron chi connectivity index (χ4n) is 1.96. The third kappa shape index (κ3) is 19.5. The predicted molar refractivity (Wildman–Crippen MR) is 105 cm³/mol. The van der Waals surface area contributed by atoms with Gasteiger partial charge in [-0.1, -0.05) is 93.7 Å². The van der Waals surface area contributed by atoms with Crippen LogP contribution in [-0.2, 0) is 9.59 Å². The summed E-state index contributed by atoms with van der Waals surface area (Å²) in [5.74, 6) is -1.49. The van der Waals surface area contributed by atoms with Crippen LogP contribution in [0.15, 0.2) is 72.9 Å². The number of hydrogen-bond donors (Lipinski definition) is 1. The number of carbonyl (C=O) groups excluding carboxylic acids is 1. The molecule has 0 unspecified atom stereocenters. The van der Waals surface area contributed by atoms with E-state index in [1.165, 1.54) is 44.6 Å². The highest BCUT2D eigenvalue weighted by Crippen LogP contribution is 2.07. The van der Waals surface area contributed by atoms with Crippen molar-refractivity contribution in [3.05, 3.63) is 72.9 Å². The standard InChI is InChI=1S/C22H30O3/c1-2-3-4-5-6-7-8-9-10-11-12-13-14-15-16-17-18-21(23)19-20-22(24)25/h9-20H,2-8H2,1H3,(H,24,25)/b10-9+,12-11+,14-13+,16-15+,18-17+,20-19+. The number of rotatable bonds is 14. The third-order valence-electron chi connectivity index (χ3n) is 3.29. The smallest absolute Gasteiger partial charge is 0.328 e. The van der Waals surface area contributed by atoms with Crippen LogP contribution in [0.25, 0.3) is 0 Å². The maximum absolute atomic E-state index is 11.2. The number of unbranched alkanes of at least 4 members (excludes halogenated alkanes) is 6. The summed E-state index contributed by atoms with van der Waals surface area (Å²) >= 11 is 0. The molecule has 25 heavy (non-hydrogen) atoms. The molecule has 0 radical (unpaired) electrons. The lowest BCUT2D eigenvalue weighted by atomic mass is 10.1. The van der Waals surface area contributed by atoms with Gasteiger partial charge in [-0.15, -0.1) is 0 Å². The van der Waals surface area contributed by atoms with E-state index in [9.17, 15) is 9.59 Å². The quantitative estimate of drug-likeness (QED) is 0.249. The molecular weight excluding hydrogens is 312 g/mol. The van der Waals surface area contributed by atoms with Gasteiger partial charge in [0.05, 0.1) is 0 Å².